The van der Waals surface area contributed by atoms with Gasteiger partial charge in [0.25, 0.3) is 0 Å². The van der Waals surface area contributed by atoms with Gasteiger partial charge in [-0.05, 0) is 13.0 Å². The van der Waals surface area contributed by atoms with E-state index < -0.39 is 0 Å². The van der Waals surface area contributed by atoms with Crippen LogP contribution in [0.3, 0.4) is 0 Å². The van der Waals surface area contributed by atoms with E-state index in [4.69, 9.17) is 5.73 Å². The Morgan fingerprint density at radius 1 is 1.50 bits per heavy atom. The molecule has 0 radical (unpaired) electrons. The van der Waals surface area contributed by atoms with Gasteiger partial charge in [0.1, 0.15) is 0 Å². The zero-order chi connectivity index (χ0) is 9.40. The molecular formula is C8H19N3O. The van der Waals surface area contributed by atoms with Crippen molar-refractivity contribution in [1.29, 1.82) is 0 Å². The fraction of sp³-hybridized carbons (Fsp3) is 0.875. The van der Waals surface area contributed by atoms with Crippen LogP contribution in [0.5, 0.6) is 0 Å². The Balaban J connectivity index is 3.52. The molecule has 0 aromatic rings. The molecule has 1 unspecified atom stereocenters. The van der Waals surface area contributed by atoms with E-state index in [2.05, 4.69) is 10.6 Å². The SMILES string of the molecule is CCNCC(=O)NC(CC)CN. The Hall–Kier alpha value is -0.610. The van der Waals surface area contributed by atoms with Gasteiger partial charge in [-0.3, -0.25) is 4.79 Å². The van der Waals surface area contributed by atoms with E-state index >= 15 is 0 Å². The van der Waals surface area contributed by atoms with E-state index in [1.165, 1.54) is 0 Å². The first-order chi connectivity index (χ1) is 5.74. The molecule has 72 valence electrons. The maximum atomic E-state index is 11.1. The molecule has 0 heterocycles. The zero-order valence-electron chi connectivity index (χ0n) is 7.89. The van der Waals surface area contributed by atoms with Gasteiger partial charge in [0, 0.05) is 12.6 Å². The van der Waals surface area contributed by atoms with E-state index in [-0.39, 0.29) is 11.9 Å². The Kier molecular flexibility index (Phi) is 6.70. The van der Waals surface area contributed by atoms with Gasteiger partial charge in [-0.25, -0.2) is 0 Å². The molecule has 0 saturated carbocycles. The lowest BCUT2D eigenvalue weighted by molar-refractivity contribution is -0.120. The minimum absolute atomic E-state index is 0.0224. The smallest absolute Gasteiger partial charge is 0.234 e. The number of nitrogens with two attached hydrogens (primary N) is 1. The van der Waals surface area contributed by atoms with Crippen molar-refractivity contribution in [3.05, 3.63) is 0 Å². The lowest BCUT2D eigenvalue weighted by atomic mass is 10.2. The maximum absolute atomic E-state index is 11.1. The molecule has 0 bridgehead atoms. The highest BCUT2D eigenvalue weighted by Crippen LogP contribution is 1.85. The van der Waals surface area contributed by atoms with Crippen molar-refractivity contribution < 1.29 is 4.79 Å². The van der Waals surface area contributed by atoms with Crippen LogP contribution in [0.15, 0.2) is 0 Å². The Bertz CT molecular complexity index is 123. The number of nitrogens with one attached hydrogen (secondary N) is 2. The van der Waals surface area contributed by atoms with Crippen LogP contribution in [0.1, 0.15) is 20.3 Å². The van der Waals surface area contributed by atoms with Crippen LogP contribution in [-0.4, -0.2) is 31.6 Å². The van der Waals surface area contributed by atoms with Crippen molar-refractivity contribution in [2.24, 2.45) is 5.73 Å². The lowest BCUT2D eigenvalue weighted by Gasteiger charge is -2.14. The summed E-state index contributed by atoms with van der Waals surface area (Å²) < 4.78 is 0. The predicted molar refractivity (Wildman–Crippen MR) is 49.8 cm³/mol. The van der Waals surface area contributed by atoms with Crippen LogP contribution in [0, 0.1) is 0 Å². The highest BCUT2D eigenvalue weighted by atomic mass is 16.1. The van der Waals surface area contributed by atoms with E-state index in [0.29, 0.717) is 13.1 Å². The summed E-state index contributed by atoms with van der Waals surface area (Å²) >= 11 is 0. The van der Waals surface area contributed by atoms with Gasteiger partial charge in [-0.1, -0.05) is 13.8 Å². The third-order valence-electron chi connectivity index (χ3n) is 1.68. The zero-order valence-corrected chi connectivity index (χ0v) is 7.89. The normalized spacial score (nSPS) is 12.6. The second-order valence-corrected chi connectivity index (χ2v) is 2.69. The maximum Gasteiger partial charge on any atom is 0.234 e. The summed E-state index contributed by atoms with van der Waals surface area (Å²) in [6.07, 6.45) is 0.883. The predicted octanol–water partition coefficient (Wildman–Crippen LogP) is -0.551. The molecule has 0 aromatic carbocycles. The Morgan fingerprint density at radius 3 is 2.58 bits per heavy atom. The van der Waals surface area contributed by atoms with Gasteiger partial charge in [-0.2, -0.15) is 0 Å². The molecule has 0 aliphatic heterocycles. The number of hydrogen-bond acceptors (Lipinski definition) is 3. The van der Waals surface area contributed by atoms with Crippen molar-refractivity contribution >= 4 is 5.91 Å². The summed E-state index contributed by atoms with van der Waals surface area (Å²) in [7, 11) is 0. The third kappa shape index (κ3) is 5.09. The molecule has 0 spiro atoms. The third-order valence-corrected chi connectivity index (χ3v) is 1.68. The Labute approximate surface area is 73.9 Å². The van der Waals surface area contributed by atoms with Gasteiger partial charge in [0.15, 0.2) is 0 Å². The van der Waals surface area contributed by atoms with Crippen molar-refractivity contribution in [3.63, 3.8) is 0 Å². The summed E-state index contributed by atoms with van der Waals surface area (Å²) in [4.78, 5) is 11.1. The molecule has 0 aromatic heterocycles. The first-order valence-corrected chi connectivity index (χ1v) is 4.44. The van der Waals surface area contributed by atoms with Crippen LogP contribution < -0.4 is 16.4 Å². The van der Waals surface area contributed by atoms with E-state index in [0.717, 1.165) is 13.0 Å². The lowest BCUT2D eigenvalue weighted by Crippen LogP contribution is -2.43. The van der Waals surface area contributed by atoms with Gasteiger partial charge in [-0.15, -0.1) is 0 Å². The van der Waals surface area contributed by atoms with Gasteiger partial charge in [0.2, 0.25) is 5.91 Å². The molecule has 0 saturated heterocycles. The van der Waals surface area contributed by atoms with Gasteiger partial charge in [0.05, 0.1) is 6.54 Å². The van der Waals surface area contributed by atoms with Crippen molar-refractivity contribution in [1.82, 2.24) is 10.6 Å². The van der Waals surface area contributed by atoms with Crippen LogP contribution in [0.25, 0.3) is 0 Å². The quantitative estimate of drug-likeness (QED) is 0.505. The Morgan fingerprint density at radius 2 is 2.17 bits per heavy atom. The molecule has 4 N–H and O–H groups in total. The summed E-state index contributed by atoms with van der Waals surface area (Å²) in [5.41, 5.74) is 5.43. The average Bonchev–Trinajstić information content (AvgIpc) is 2.10. The van der Waals surface area contributed by atoms with Crippen LogP contribution in [0.2, 0.25) is 0 Å². The van der Waals surface area contributed by atoms with Crippen molar-refractivity contribution in [2.75, 3.05) is 19.6 Å². The number of likely N-dealkylation sites (N-methyl/N-ethyl adjacent to an activating group) is 1. The fourth-order valence-electron chi connectivity index (χ4n) is 0.845. The van der Waals surface area contributed by atoms with Crippen LogP contribution in [-0.2, 0) is 4.79 Å². The van der Waals surface area contributed by atoms with Gasteiger partial charge >= 0.3 is 0 Å². The first kappa shape index (κ1) is 11.4. The minimum atomic E-state index is 0.0224. The molecule has 12 heavy (non-hydrogen) atoms. The average molecular weight is 173 g/mol. The van der Waals surface area contributed by atoms with Gasteiger partial charge < -0.3 is 16.4 Å². The largest absolute Gasteiger partial charge is 0.351 e. The summed E-state index contributed by atoms with van der Waals surface area (Å²) in [5, 5.41) is 5.77. The summed E-state index contributed by atoms with van der Waals surface area (Å²) in [6.45, 7) is 5.67. The standard InChI is InChI=1S/C8H19N3O/c1-3-7(5-9)11-8(12)6-10-4-2/h7,10H,3-6,9H2,1-2H3,(H,11,12). The van der Waals surface area contributed by atoms with E-state index in [1.807, 2.05) is 13.8 Å². The molecule has 0 aliphatic rings. The molecule has 4 nitrogen and oxygen atoms in total. The second kappa shape index (κ2) is 7.06. The highest BCUT2D eigenvalue weighted by Gasteiger charge is 2.06. The first-order valence-electron chi connectivity index (χ1n) is 4.44. The number of carbonyl (C=O) groups is 1. The summed E-state index contributed by atoms with van der Waals surface area (Å²) in [6, 6.07) is 0.121. The molecule has 0 aliphatic carbocycles. The van der Waals surface area contributed by atoms with E-state index in [1.54, 1.807) is 0 Å². The number of hydrogen-bond donors (Lipinski definition) is 3. The topological polar surface area (TPSA) is 67.2 Å². The molecule has 4 heteroatoms. The van der Waals surface area contributed by atoms with Crippen LogP contribution in [0.4, 0.5) is 0 Å². The molecule has 0 fully saturated rings. The molecular weight excluding hydrogens is 154 g/mol. The monoisotopic (exact) mass is 173 g/mol. The minimum Gasteiger partial charge on any atom is -0.351 e. The van der Waals surface area contributed by atoms with Crippen molar-refractivity contribution in [3.8, 4) is 0 Å². The second-order valence-electron chi connectivity index (χ2n) is 2.69. The highest BCUT2D eigenvalue weighted by molar-refractivity contribution is 5.78. The number of carbonyl (C=O) groups excluding carboxylic acids is 1. The summed E-state index contributed by atoms with van der Waals surface area (Å²) in [5.74, 6) is 0.0224. The fourth-order valence-corrected chi connectivity index (χ4v) is 0.845. The molecule has 1 atom stereocenters. The van der Waals surface area contributed by atoms with Crippen LogP contribution >= 0.6 is 0 Å². The number of rotatable bonds is 6. The van der Waals surface area contributed by atoms with Crippen molar-refractivity contribution in [2.45, 2.75) is 26.3 Å². The molecule has 0 rings (SSSR count). The number of amides is 1. The molecule has 1 amide bonds. The van der Waals surface area contributed by atoms with E-state index in [9.17, 15) is 4.79 Å².